The standard InChI is InChI=1S/C18H18Cl2N4O/c1-12(25)23-14-6-4-13(5-7-14)10-21-15-8-16(19)18(17(20)9-15)22-11-24(2)3/h4-11H,1-3H3,(H,23,25)/b21-10+,22-11+. The molecule has 2 aromatic carbocycles. The number of rotatable bonds is 5. The number of benzene rings is 2. The highest BCUT2D eigenvalue weighted by atomic mass is 35.5. The highest BCUT2D eigenvalue weighted by Crippen LogP contribution is 2.36. The molecule has 0 aliphatic carbocycles. The minimum Gasteiger partial charge on any atom is -0.369 e. The van der Waals surface area contributed by atoms with Crippen molar-refractivity contribution in [2.45, 2.75) is 6.92 Å². The zero-order chi connectivity index (χ0) is 18.4. The molecule has 0 spiro atoms. The lowest BCUT2D eigenvalue weighted by atomic mass is 10.2. The van der Waals surface area contributed by atoms with Crippen LogP contribution in [0, 0.1) is 0 Å². The summed E-state index contributed by atoms with van der Waals surface area (Å²) in [5.41, 5.74) is 2.76. The van der Waals surface area contributed by atoms with Crippen molar-refractivity contribution >= 4 is 58.7 Å². The molecule has 0 aromatic heterocycles. The molecule has 0 radical (unpaired) electrons. The van der Waals surface area contributed by atoms with Gasteiger partial charge in [0.1, 0.15) is 5.69 Å². The summed E-state index contributed by atoms with van der Waals surface area (Å²) in [6, 6.07) is 10.7. The highest BCUT2D eigenvalue weighted by Gasteiger charge is 2.06. The van der Waals surface area contributed by atoms with Gasteiger partial charge in [0.2, 0.25) is 5.91 Å². The van der Waals surface area contributed by atoms with Crippen molar-refractivity contribution < 1.29 is 4.79 Å². The molecular weight excluding hydrogens is 359 g/mol. The Balaban J connectivity index is 2.17. The Morgan fingerprint density at radius 2 is 1.68 bits per heavy atom. The summed E-state index contributed by atoms with van der Waals surface area (Å²) in [4.78, 5) is 21.4. The van der Waals surface area contributed by atoms with E-state index in [1.165, 1.54) is 6.92 Å². The van der Waals surface area contributed by atoms with Crippen molar-refractivity contribution in [1.82, 2.24) is 4.90 Å². The van der Waals surface area contributed by atoms with E-state index < -0.39 is 0 Å². The van der Waals surface area contributed by atoms with Gasteiger partial charge in [0, 0.05) is 32.9 Å². The van der Waals surface area contributed by atoms with E-state index in [4.69, 9.17) is 23.2 Å². The van der Waals surface area contributed by atoms with Crippen molar-refractivity contribution in [2.75, 3.05) is 19.4 Å². The Morgan fingerprint density at radius 3 is 2.20 bits per heavy atom. The van der Waals surface area contributed by atoms with E-state index in [-0.39, 0.29) is 5.91 Å². The second-order valence-electron chi connectivity index (χ2n) is 5.53. The molecule has 0 saturated carbocycles. The number of carbonyl (C=O) groups excluding carboxylic acids is 1. The van der Waals surface area contributed by atoms with E-state index in [0.717, 1.165) is 11.3 Å². The van der Waals surface area contributed by atoms with Crippen LogP contribution in [0.2, 0.25) is 10.0 Å². The topological polar surface area (TPSA) is 57.1 Å². The Kier molecular flexibility index (Phi) is 6.56. The second kappa shape index (κ2) is 8.65. The Hall–Kier alpha value is -2.37. The molecule has 7 heteroatoms. The molecule has 0 unspecified atom stereocenters. The summed E-state index contributed by atoms with van der Waals surface area (Å²) < 4.78 is 0. The maximum Gasteiger partial charge on any atom is 0.221 e. The summed E-state index contributed by atoms with van der Waals surface area (Å²) in [5.74, 6) is -0.109. The number of aliphatic imine (C=N–C) groups is 2. The zero-order valence-electron chi connectivity index (χ0n) is 14.1. The van der Waals surface area contributed by atoms with Gasteiger partial charge >= 0.3 is 0 Å². The number of hydrogen-bond acceptors (Lipinski definition) is 3. The third-order valence-corrected chi connectivity index (χ3v) is 3.59. The summed E-state index contributed by atoms with van der Waals surface area (Å²) in [7, 11) is 3.72. The highest BCUT2D eigenvalue weighted by molar-refractivity contribution is 6.39. The minimum atomic E-state index is -0.109. The first-order valence-electron chi connectivity index (χ1n) is 7.46. The van der Waals surface area contributed by atoms with Gasteiger partial charge < -0.3 is 10.2 Å². The fourth-order valence-corrected chi connectivity index (χ4v) is 2.50. The van der Waals surface area contributed by atoms with Gasteiger partial charge in [-0.2, -0.15) is 0 Å². The Bertz CT molecular complexity index is 791. The predicted octanol–water partition coefficient (Wildman–Crippen LogP) is 4.92. The number of halogens is 2. The molecule has 0 aliphatic rings. The smallest absolute Gasteiger partial charge is 0.221 e. The lowest BCUT2D eigenvalue weighted by Gasteiger charge is -2.06. The van der Waals surface area contributed by atoms with E-state index in [0.29, 0.717) is 21.4 Å². The van der Waals surface area contributed by atoms with E-state index in [9.17, 15) is 4.79 Å². The Labute approximate surface area is 157 Å². The van der Waals surface area contributed by atoms with Gasteiger partial charge in [-0.25, -0.2) is 4.99 Å². The SMILES string of the molecule is CC(=O)Nc1ccc(/C=N/c2cc(Cl)c(/N=C/N(C)C)c(Cl)c2)cc1. The summed E-state index contributed by atoms with van der Waals surface area (Å²) in [6.07, 6.45) is 3.33. The molecule has 0 fully saturated rings. The first-order chi connectivity index (χ1) is 11.8. The minimum absolute atomic E-state index is 0.109. The normalized spacial score (nSPS) is 11.2. The quantitative estimate of drug-likeness (QED) is 0.594. The lowest BCUT2D eigenvalue weighted by Crippen LogP contribution is -2.07. The Morgan fingerprint density at radius 1 is 1.08 bits per heavy atom. The fraction of sp³-hybridized carbons (Fsp3) is 0.167. The third kappa shape index (κ3) is 5.89. The van der Waals surface area contributed by atoms with Gasteiger partial charge in [-0.05, 0) is 29.8 Å². The molecule has 25 heavy (non-hydrogen) atoms. The number of anilines is 1. The van der Waals surface area contributed by atoms with Gasteiger partial charge in [-0.1, -0.05) is 35.3 Å². The molecule has 130 valence electrons. The molecule has 2 aromatic rings. The predicted molar refractivity (Wildman–Crippen MR) is 106 cm³/mol. The van der Waals surface area contributed by atoms with E-state index in [1.54, 1.807) is 29.6 Å². The molecule has 0 saturated heterocycles. The molecule has 2 rings (SSSR count). The maximum absolute atomic E-state index is 11.0. The van der Waals surface area contributed by atoms with Gasteiger partial charge in [0.15, 0.2) is 0 Å². The lowest BCUT2D eigenvalue weighted by molar-refractivity contribution is -0.114. The van der Waals surface area contributed by atoms with Crippen LogP contribution in [0.3, 0.4) is 0 Å². The molecule has 1 amide bonds. The van der Waals surface area contributed by atoms with Gasteiger partial charge in [-0.15, -0.1) is 0 Å². The molecule has 5 nitrogen and oxygen atoms in total. The molecule has 0 bridgehead atoms. The molecule has 0 atom stereocenters. The molecule has 0 heterocycles. The largest absolute Gasteiger partial charge is 0.369 e. The monoisotopic (exact) mass is 376 g/mol. The first kappa shape index (κ1) is 19.0. The van der Waals surface area contributed by atoms with Crippen molar-refractivity contribution in [1.29, 1.82) is 0 Å². The van der Waals surface area contributed by atoms with E-state index in [1.807, 2.05) is 38.4 Å². The van der Waals surface area contributed by atoms with Crippen molar-refractivity contribution in [3.05, 3.63) is 52.0 Å². The summed E-state index contributed by atoms with van der Waals surface area (Å²) in [5, 5.41) is 3.57. The maximum atomic E-state index is 11.0. The van der Waals surface area contributed by atoms with Crippen LogP contribution in [0.1, 0.15) is 12.5 Å². The van der Waals surface area contributed by atoms with Crippen LogP contribution in [0.5, 0.6) is 0 Å². The summed E-state index contributed by atoms with van der Waals surface area (Å²) >= 11 is 12.5. The molecular formula is C18H18Cl2N4O. The van der Waals surface area contributed by atoms with Crippen molar-refractivity contribution in [2.24, 2.45) is 9.98 Å². The zero-order valence-corrected chi connectivity index (χ0v) is 15.6. The van der Waals surface area contributed by atoms with Crippen LogP contribution >= 0.6 is 23.2 Å². The van der Waals surface area contributed by atoms with Crippen LogP contribution in [0.15, 0.2) is 46.4 Å². The average Bonchev–Trinajstić information content (AvgIpc) is 2.52. The summed E-state index contributed by atoms with van der Waals surface area (Å²) in [6.45, 7) is 1.47. The van der Waals surface area contributed by atoms with Crippen LogP contribution in [-0.4, -0.2) is 37.5 Å². The molecule has 1 N–H and O–H groups in total. The van der Waals surface area contributed by atoms with Gasteiger partial charge in [0.25, 0.3) is 0 Å². The van der Waals surface area contributed by atoms with Crippen LogP contribution < -0.4 is 5.32 Å². The number of amides is 1. The second-order valence-corrected chi connectivity index (χ2v) is 6.34. The van der Waals surface area contributed by atoms with Crippen LogP contribution in [0.25, 0.3) is 0 Å². The molecule has 0 aliphatic heterocycles. The van der Waals surface area contributed by atoms with E-state index in [2.05, 4.69) is 15.3 Å². The number of carbonyl (C=O) groups is 1. The van der Waals surface area contributed by atoms with E-state index >= 15 is 0 Å². The van der Waals surface area contributed by atoms with Gasteiger partial charge in [-0.3, -0.25) is 9.79 Å². The number of hydrogen-bond donors (Lipinski definition) is 1. The first-order valence-corrected chi connectivity index (χ1v) is 8.22. The number of nitrogens with zero attached hydrogens (tertiary/aromatic N) is 3. The average molecular weight is 377 g/mol. The van der Waals surface area contributed by atoms with Crippen LogP contribution in [-0.2, 0) is 4.79 Å². The van der Waals surface area contributed by atoms with Crippen LogP contribution in [0.4, 0.5) is 17.1 Å². The fourth-order valence-electron chi connectivity index (χ4n) is 1.93. The van der Waals surface area contributed by atoms with Crippen molar-refractivity contribution in [3.63, 3.8) is 0 Å². The third-order valence-electron chi connectivity index (χ3n) is 3.01. The van der Waals surface area contributed by atoms with Crippen molar-refractivity contribution in [3.8, 4) is 0 Å². The number of nitrogens with one attached hydrogen (secondary N) is 1. The van der Waals surface area contributed by atoms with Gasteiger partial charge in [0.05, 0.1) is 22.1 Å².